The molecule has 0 bridgehead atoms. The third-order valence-corrected chi connectivity index (χ3v) is 2.87. The molecule has 1 heterocycles. The number of aromatic nitrogens is 2. The van der Waals surface area contributed by atoms with Gasteiger partial charge in [-0.25, -0.2) is 4.98 Å². The highest BCUT2D eigenvalue weighted by atomic mass is 15.0. The van der Waals surface area contributed by atoms with E-state index in [-0.39, 0.29) is 0 Å². The first-order chi connectivity index (χ1) is 7.19. The Morgan fingerprint density at radius 3 is 2.67 bits per heavy atom. The molecular formula is C12H23N3. The van der Waals surface area contributed by atoms with Crippen LogP contribution in [0.25, 0.3) is 0 Å². The van der Waals surface area contributed by atoms with Crippen molar-refractivity contribution >= 4 is 0 Å². The molecule has 0 aliphatic rings. The number of aryl methyl sites for hydroxylation is 1. The molecule has 0 saturated carbocycles. The van der Waals surface area contributed by atoms with Gasteiger partial charge in [-0.15, -0.1) is 0 Å². The van der Waals surface area contributed by atoms with Crippen molar-refractivity contribution in [3.05, 3.63) is 18.2 Å². The zero-order valence-electron chi connectivity index (χ0n) is 10.3. The lowest BCUT2D eigenvalue weighted by atomic mass is 9.96. The lowest BCUT2D eigenvalue weighted by molar-refractivity contribution is 0.371. The largest absolute Gasteiger partial charge is 0.340 e. The molecule has 0 fully saturated rings. The number of nitrogens with one attached hydrogen (secondary N) is 1. The summed E-state index contributed by atoms with van der Waals surface area (Å²) in [6.07, 6.45) is 6.33. The van der Waals surface area contributed by atoms with E-state index in [1.807, 2.05) is 17.9 Å². The van der Waals surface area contributed by atoms with Crippen molar-refractivity contribution < 1.29 is 0 Å². The second kappa shape index (κ2) is 5.91. The van der Waals surface area contributed by atoms with E-state index >= 15 is 0 Å². The molecule has 3 heteroatoms. The van der Waals surface area contributed by atoms with E-state index in [2.05, 4.69) is 37.3 Å². The molecular weight excluding hydrogens is 186 g/mol. The van der Waals surface area contributed by atoms with Crippen molar-refractivity contribution in [3.8, 4) is 0 Å². The fraction of sp³-hybridized carbons (Fsp3) is 0.750. The number of imidazole rings is 1. The summed E-state index contributed by atoms with van der Waals surface area (Å²) >= 11 is 0. The van der Waals surface area contributed by atoms with Crippen LogP contribution in [0, 0.1) is 5.92 Å². The molecule has 1 aromatic heterocycles. The van der Waals surface area contributed by atoms with Crippen molar-refractivity contribution in [1.82, 2.24) is 14.9 Å². The van der Waals surface area contributed by atoms with Crippen molar-refractivity contribution in [2.75, 3.05) is 6.54 Å². The minimum Gasteiger partial charge on any atom is -0.340 e. The summed E-state index contributed by atoms with van der Waals surface area (Å²) in [4.78, 5) is 4.44. The predicted octanol–water partition coefficient (Wildman–Crippen LogP) is 2.51. The lowest BCUT2D eigenvalue weighted by Gasteiger charge is -2.22. The number of hydrogen-bond donors (Lipinski definition) is 1. The minimum atomic E-state index is 0.399. The van der Waals surface area contributed by atoms with Crippen LogP contribution in [0.15, 0.2) is 12.5 Å². The summed E-state index contributed by atoms with van der Waals surface area (Å²) in [5.41, 5.74) is 1.17. The molecule has 15 heavy (non-hydrogen) atoms. The van der Waals surface area contributed by atoms with Crippen LogP contribution in [0.3, 0.4) is 0 Å². The van der Waals surface area contributed by atoms with Gasteiger partial charge < -0.3 is 9.88 Å². The molecule has 0 aliphatic carbocycles. The fourth-order valence-electron chi connectivity index (χ4n) is 1.73. The monoisotopic (exact) mass is 209 g/mol. The molecule has 0 spiro atoms. The molecule has 3 nitrogen and oxygen atoms in total. The Morgan fingerprint density at radius 2 is 2.20 bits per heavy atom. The maximum atomic E-state index is 4.44. The zero-order valence-corrected chi connectivity index (χ0v) is 10.3. The highest BCUT2D eigenvalue weighted by Crippen LogP contribution is 2.22. The lowest BCUT2D eigenvalue weighted by Crippen LogP contribution is -2.27. The van der Waals surface area contributed by atoms with Crippen LogP contribution in [0.2, 0.25) is 0 Å². The first kappa shape index (κ1) is 12.2. The van der Waals surface area contributed by atoms with Crippen molar-refractivity contribution in [2.45, 2.75) is 39.7 Å². The number of nitrogens with zero attached hydrogens (tertiary/aromatic N) is 2. The van der Waals surface area contributed by atoms with Crippen LogP contribution in [-0.4, -0.2) is 16.1 Å². The SMILES string of the molecule is CCCNC(c1cn(C)cn1)C(C)CC. The molecule has 2 atom stereocenters. The van der Waals surface area contributed by atoms with Gasteiger partial charge in [0, 0.05) is 13.2 Å². The van der Waals surface area contributed by atoms with Gasteiger partial charge in [0.05, 0.1) is 18.1 Å². The van der Waals surface area contributed by atoms with E-state index in [4.69, 9.17) is 0 Å². The van der Waals surface area contributed by atoms with Crippen LogP contribution < -0.4 is 5.32 Å². The number of rotatable bonds is 6. The third-order valence-electron chi connectivity index (χ3n) is 2.87. The molecule has 86 valence electrons. The first-order valence-electron chi connectivity index (χ1n) is 5.90. The van der Waals surface area contributed by atoms with E-state index in [0.29, 0.717) is 12.0 Å². The summed E-state index contributed by atoms with van der Waals surface area (Å²) in [6, 6.07) is 0.399. The van der Waals surface area contributed by atoms with Crippen molar-refractivity contribution in [3.63, 3.8) is 0 Å². The van der Waals surface area contributed by atoms with E-state index in [0.717, 1.165) is 6.54 Å². The second-order valence-electron chi connectivity index (χ2n) is 4.28. The summed E-state index contributed by atoms with van der Waals surface area (Å²) in [6.45, 7) is 7.76. The van der Waals surface area contributed by atoms with Gasteiger partial charge in [-0.1, -0.05) is 27.2 Å². The molecule has 0 saturated heterocycles. The zero-order chi connectivity index (χ0) is 11.3. The average molecular weight is 209 g/mol. The Labute approximate surface area is 92.9 Å². The first-order valence-corrected chi connectivity index (χ1v) is 5.90. The van der Waals surface area contributed by atoms with E-state index in [9.17, 15) is 0 Å². The molecule has 1 aromatic rings. The average Bonchev–Trinajstić information content (AvgIpc) is 2.65. The van der Waals surface area contributed by atoms with Gasteiger partial charge in [-0.2, -0.15) is 0 Å². The van der Waals surface area contributed by atoms with Crippen LogP contribution in [-0.2, 0) is 7.05 Å². The fourth-order valence-corrected chi connectivity index (χ4v) is 1.73. The van der Waals surface area contributed by atoms with Gasteiger partial charge in [0.25, 0.3) is 0 Å². The Hall–Kier alpha value is -0.830. The van der Waals surface area contributed by atoms with Gasteiger partial charge >= 0.3 is 0 Å². The van der Waals surface area contributed by atoms with Crippen LogP contribution in [0.1, 0.15) is 45.3 Å². The molecule has 0 radical (unpaired) electrons. The Kier molecular flexibility index (Phi) is 4.82. The van der Waals surface area contributed by atoms with Gasteiger partial charge in [0.15, 0.2) is 0 Å². The van der Waals surface area contributed by atoms with E-state index in [1.165, 1.54) is 18.5 Å². The summed E-state index contributed by atoms with van der Waals surface area (Å²) in [7, 11) is 2.02. The summed E-state index contributed by atoms with van der Waals surface area (Å²) in [5, 5.41) is 3.57. The van der Waals surface area contributed by atoms with E-state index < -0.39 is 0 Å². The standard InChI is InChI=1S/C12H23N3/c1-5-7-13-12(10(3)6-2)11-8-15(4)9-14-11/h8-10,12-13H,5-7H2,1-4H3. The Balaban J connectivity index is 2.71. The normalized spacial score (nSPS) is 15.2. The van der Waals surface area contributed by atoms with Gasteiger partial charge in [0.1, 0.15) is 0 Å². The van der Waals surface area contributed by atoms with E-state index in [1.54, 1.807) is 0 Å². The molecule has 1 rings (SSSR count). The Bertz CT molecular complexity index is 280. The summed E-state index contributed by atoms with van der Waals surface area (Å²) < 4.78 is 2.01. The molecule has 0 amide bonds. The van der Waals surface area contributed by atoms with Gasteiger partial charge in [-0.3, -0.25) is 0 Å². The number of hydrogen-bond acceptors (Lipinski definition) is 2. The minimum absolute atomic E-state index is 0.399. The predicted molar refractivity (Wildman–Crippen MR) is 63.7 cm³/mol. The quantitative estimate of drug-likeness (QED) is 0.780. The van der Waals surface area contributed by atoms with Crippen LogP contribution in [0.5, 0.6) is 0 Å². The highest BCUT2D eigenvalue weighted by molar-refractivity contribution is 5.04. The summed E-state index contributed by atoms with van der Waals surface area (Å²) in [5.74, 6) is 0.631. The smallest absolute Gasteiger partial charge is 0.0947 e. The van der Waals surface area contributed by atoms with Crippen molar-refractivity contribution in [1.29, 1.82) is 0 Å². The van der Waals surface area contributed by atoms with Gasteiger partial charge in [-0.05, 0) is 18.9 Å². The Morgan fingerprint density at radius 1 is 1.47 bits per heavy atom. The topological polar surface area (TPSA) is 29.9 Å². The molecule has 0 aromatic carbocycles. The molecule has 0 aliphatic heterocycles. The molecule has 2 unspecified atom stereocenters. The maximum Gasteiger partial charge on any atom is 0.0947 e. The van der Waals surface area contributed by atoms with Crippen LogP contribution >= 0.6 is 0 Å². The molecule has 1 N–H and O–H groups in total. The second-order valence-corrected chi connectivity index (χ2v) is 4.28. The highest BCUT2D eigenvalue weighted by Gasteiger charge is 2.18. The third kappa shape index (κ3) is 3.34. The van der Waals surface area contributed by atoms with Crippen molar-refractivity contribution in [2.24, 2.45) is 13.0 Å². The van der Waals surface area contributed by atoms with Crippen LogP contribution in [0.4, 0.5) is 0 Å². The van der Waals surface area contributed by atoms with Gasteiger partial charge in [0.2, 0.25) is 0 Å². The maximum absolute atomic E-state index is 4.44.